The van der Waals surface area contributed by atoms with Crippen molar-refractivity contribution >= 4 is 17.7 Å². The number of likely N-dealkylation sites (tertiary alicyclic amines) is 1. The molecule has 0 aromatic heterocycles. The number of rotatable bonds is 4. The number of nitrogens with zero attached hydrogens (tertiary/aromatic N) is 1. The molecule has 1 saturated heterocycles. The van der Waals surface area contributed by atoms with E-state index in [-0.39, 0.29) is 11.7 Å². The number of halogens is 1. The van der Waals surface area contributed by atoms with Gasteiger partial charge in [-0.25, -0.2) is 4.39 Å². The molecule has 2 nitrogen and oxygen atoms in total. The number of carbonyl (C=O) groups is 1. The van der Waals surface area contributed by atoms with E-state index in [0.29, 0.717) is 11.5 Å². The van der Waals surface area contributed by atoms with Crippen molar-refractivity contribution in [2.75, 3.05) is 18.8 Å². The molecule has 1 aliphatic heterocycles. The molecule has 98 valence electrons. The lowest BCUT2D eigenvalue weighted by atomic mass is 10.1. The summed E-state index contributed by atoms with van der Waals surface area (Å²) < 4.78 is 13.0. The molecule has 0 N–H and O–H groups in total. The summed E-state index contributed by atoms with van der Waals surface area (Å²) in [6, 6.07) is 6.56. The van der Waals surface area contributed by atoms with Gasteiger partial charge in [0.1, 0.15) is 5.82 Å². The minimum Gasteiger partial charge on any atom is -0.342 e. The Morgan fingerprint density at radius 2 is 2.06 bits per heavy atom. The van der Waals surface area contributed by atoms with Gasteiger partial charge in [0.25, 0.3) is 0 Å². The lowest BCUT2D eigenvalue weighted by molar-refractivity contribution is -0.129. The topological polar surface area (TPSA) is 20.3 Å². The Kier molecular flexibility index (Phi) is 5.05. The number of piperidine rings is 1. The molecular weight excluding hydrogens is 249 g/mol. The van der Waals surface area contributed by atoms with Gasteiger partial charge in [0.15, 0.2) is 0 Å². The monoisotopic (exact) mass is 267 g/mol. The van der Waals surface area contributed by atoms with Crippen molar-refractivity contribution in [1.82, 2.24) is 4.90 Å². The standard InChI is InChI=1S/C14H18FNOS/c15-13-6-4-5-12(9-13)10-18-11-14(17)16-7-2-1-3-8-16/h4-6,9H,1-3,7-8,10-11H2. The molecule has 0 radical (unpaired) electrons. The van der Waals surface area contributed by atoms with E-state index in [1.165, 1.54) is 18.6 Å². The first-order valence-electron chi connectivity index (χ1n) is 6.35. The number of benzene rings is 1. The van der Waals surface area contributed by atoms with Crippen molar-refractivity contribution in [3.63, 3.8) is 0 Å². The van der Waals surface area contributed by atoms with Crippen LogP contribution in [0.1, 0.15) is 24.8 Å². The summed E-state index contributed by atoms with van der Waals surface area (Å²) in [5.74, 6) is 1.19. The SMILES string of the molecule is O=C(CSCc1cccc(F)c1)N1CCCCC1. The first-order chi connectivity index (χ1) is 8.75. The second-order valence-electron chi connectivity index (χ2n) is 4.56. The van der Waals surface area contributed by atoms with Gasteiger partial charge >= 0.3 is 0 Å². The third-order valence-electron chi connectivity index (χ3n) is 3.09. The minimum absolute atomic E-state index is 0.213. The van der Waals surface area contributed by atoms with Crippen LogP contribution in [-0.2, 0) is 10.5 Å². The van der Waals surface area contributed by atoms with E-state index >= 15 is 0 Å². The highest BCUT2D eigenvalue weighted by atomic mass is 32.2. The van der Waals surface area contributed by atoms with E-state index < -0.39 is 0 Å². The Morgan fingerprint density at radius 1 is 1.28 bits per heavy atom. The molecule has 0 spiro atoms. The van der Waals surface area contributed by atoms with Gasteiger partial charge in [0, 0.05) is 18.8 Å². The van der Waals surface area contributed by atoms with Gasteiger partial charge in [-0.15, -0.1) is 11.8 Å². The minimum atomic E-state index is -0.213. The molecule has 0 aliphatic carbocycles. The van der Waals surface area contributed by atoms with Crippen molar-refractivity contribution in [3.8, 4) is 0 Å². The molecular formula is C14H18FNOS. The Morgan fingerprint density at radius 3 is 2.78 bits per heavy atom. The van der Waals surface area contributed by atoms with Crippen molar-refractivity contribution < 1.29 is 9.18 Å². The average Bonchev–Trinajstić information content (AvgIpc) is 2.40. The molecule has 18 heavy (non-hydrogen) atoms. The van der Waals surface area contributed by atoms with Gasteiger partial charge in [0.05, 0.1) is 5.75 Å². The lowest BCUT2D eigenvalue weighted by Gasteiger charge is -2.26. The Bertz CT molecular complexity index is 405. The maximum absolute atomic E-state index is 13.0. The molecule has 1 aliphatic rings. The van der Waals surface area contributed by atoms with Crippen LogP contribution in [0.3, 0.4) is 0 Å². The van der Waals surface area contributed by atoms with E-state index in [0.717, 1.165) is 31.5 Å². The largest absolute Gasteiger partial charge is 0.342 e. The van der Waals surface area contributed by atoms with Crippen LogP contribution in [0.25, 0.3) is 0 Å². The number of amides is 1. The van der Waals surface area contributed by atoms with E-state index in [4.69, 9.17) is 0 Å². The van der Waals surface area contributed by atoms with E-state index in [2.05, 4.69) is 0 Å². The Hall–Kier alpha value is -1.03. The van der Waals surface area contributed by atoms with E-state index in [1.54, 1.807) is 17.8 Å². The molecule has 1 aromatic rings. The summed E-state index contributed by atoms with van der Waals surface area (Å²) in [5, 5.41) is 0. The second kappa shape index (κ2) is 6.78. The van der Waals surface area contributed by atoms with Crippen LogP contribution in [-0.4, -0.2) is 29.6 Å². The molecule has 2 rings (SSSR count). The molecule has 1 fully saturated rings. The molecule has 0 unspecified atom stereocenters. The van der Waals surface area contributed by atoms with Gasteiger partial charge in [-0.2, -0.15) is 0 Å². The molecule has 1 amide bonds. The third-order valence-corrected chi connectivity index (χ3v) is 4.08. The summed E-state index contributed by atoms with van der Waals surface area (Å²) in [6.07, 6.45) is 3.49. The molecule has 1 aromatic carbocycles. The van der Waals surface area contributed by atoms with Gasteiger partial charge in [-0.1, -0.05) is 12.1 Å². The fourth-order valence-electron chi connectivity index (χ4n) is 2.12. The molecule has 4 heteroatoms. The number of hydrogen-bond acceptors (Lipinski definition) is 2. The maximum Gasteiger partial charge on any atom is 0.232 e. The normalized spacial score (nSPS) is 15.7. The highest BCUT2D eigenvalue weighted by Crippen LogP contribution is 2.15. The number of thioether (sulfide) groups is 1. The zero-order valence-corrected chi connectivity index (χ0v) is 11.2. The highest BCUT2D eigenvalue weighted by molar-refractivity contribution is 7.99. The third kappa shape index (κ3) is 4.02. The van der Waals surface area contributed by atoms with Crippen LogP contribution in [0.5, 0.6) is 0 Å². The number of carbonyl (C=O) groups excluding carboxylic acids is 1. The van der Waals surface area contributed by atoms with Gasteiger partial charge in [0.2, 0.25) is 5.91 Å². The molecule has 1 heterocycles. The van der Waals surface area contributed by atoms with Crippen molar-refractivity contribution in [2.24, 2.45) is 0 Å². The maximum atomic E-state index is 13.0. The zero-order valence-electron chi connectivity index (χ0n) is 10.4. The fourth-order valence-corrected chi connectivity index (χ4v) is 2.99. The molecule has 0 atom stereocenters. The first kappa shape index (κ1) is 13.4. The van der Waals surface area contributed by atoms with Crippen molar-refractivity contribution in [2.45, 2.75) is 25.0 Å². The number of hydrogen-bond donors (Lipinski definition) is 0. The Labute approximate surface area is 112 Å². The first-order valence-corrected chi connectivity index (χ1v) is 7.51. The average molecular weight is 267 g/mol. The summed E-state index contributed by atoms with van der Waals surface area (Å²) >= 11 is 1.56. The van der Waals surface area contributed by atoms with Gasteiger partial charge in [-0.3, -0.25) is 4.79 Å². The molecule has 0 saturated carbocycles. The summed E-state index contributed by atoms with van der Waals surface area (Å²) in [7, 11) is 0. The molecule has 0 bridgehead atoms. The summed E-state index contributed by atoms with van der Waals surface area (Å²) in [4.78, 5) is 13.8. The summed E-state index contributed by atoms with van der Waals surface area (Å²) in [6.45, 7) is 1.80. The second-order valence-corrected chi connectivity index (χ2v) is 5.55. The zero-order chi connectivity index (χ0) is 12.8. The van der Waals surface area contributed by atoms with Crippen molar-refractivity contribution in [3.05, 3.63) is 35.6 Å². The summed E-state index contributed by atoms with van der Waals surface area (Å²) in [5.41, 5.74) is 0.937. The van der Waals surface area contributed by atoms with Crippen LogP contribution < -0.4 is 0 Å². The van der Waals surface area contributed by atoms with Crippen LogP contribution in [0.2, 0.25) is 0 Å². The van der Waals surface area contributed by atoms with Crippen LogP contribution >= 0.6 is 11.8 Å². The van der Waals surface area contributed by atoms with Crippen LogP contribution in [0.15, 0.2) is 24.3 Å². The predicted octanol–water partition coefficient (Wildman–Crippen LogP) is 3.07. The van der Waals surface area contributed by atoms with Crippen molar-refractivity contribution in [1.29, 1.82) is 0 Å². The van der Waals surface area contributed by atoms with Gasteiger partial charge in [-0.05, 0) is 37.0 Å². The van der Waals surface area contributed by atoms with Crippen LogP contribution in [0.4, 0.5) is 4.39 Å². The Balaban J connectivity index is 1.73. The highest BCUT2D eigenvalue weighted by Gasteiger charge is 2.15. The lowest BCUT2D eigenvalue weighted by Crippen LogP contribution is -2.36. The van der Waals surface area contributed by atoms with E-state index in [1.807, 2.05) is 11.0 Å². The van der Waals surface area contributed by atoms with Crippen LogP contribution in [0, 0.1) is 5.82 Å². The smallest absolute Gasteiger partial charge is 0.232 e. The van der Waals surface area contributed by atoms with E-state index in [9.17, 15) is 9.18 Å². The fraction of sp³-hybridized carbons (Fsp3) is 0.500. The predicted molar refractivity (Wildman–Crippen MR) is 73.0 cm³/mol. The van der Waals surface area contributed by atoms with Gasteiger partial charge < -0.3 is 4.90 Å². The quantitative estimate of drug-likeness (QED) is 0.835.